The van der Waals surface area contributed by atoms with Crippen molar-refractivity contribution in [1.29, 1.82) is 0 Å². The molecule has 1 atom stereocenters. The van der Waals surface area contributed by atoms with Gasteiger partial charge in [-0.1, -0.05) is 26.0 Å². The average Bonchev–Trinajstić information content (AvgIpc) is 2.37. The van der Waals surface area contributed by atoms with E-state index in [0.717, 1.165) is 31.7 Å². The molecule has 0 amide bonds. The number of hydrogen-bond acceptors (Lipinski definition) is 2. The van der Waals surface area contributed by atoms with Crippen LogP contribution in [-0.2, 0) is 0 Å². The van der Waals surface area contributed by atoms with Gasteiger partial charge >= 0.3 is 0 Å². The fraction of sp³-hybridized carbons (Fsp3) is 0.600. The van der Waals surface area contributed by atoms with Gasteiger partial charge in [0.05, 0.1) is 0 Å². The van der Waals surface area contributed by atoms with E-state index in [2.05, 4.69) is 31.0 Å². The van der Waals surface area contributed by atoms with Crippen LogP contribution in [0.3, 0.4) is 0 Å². The Hall–Kier alpha value is -0.930. The molecule has 0 fully saturated rings. The molecule has 0 heterocycles. The predicted octanol–water partition coefficient (Wildman–Crippen LogP) is 3.13. The summed E-state index contributed by atoms with van der Waals surface area (Å²) in [5, 5.41) is 3.44. The van der Waals surface area contributed by atoms with E-state index in [1.165, 1.54) is 0 Å². The molecule has 0 aliphatic heterocycles. The predicted molar refractivity (Wildman–Crippen MR) is 75.3 cm³/mol. The lowest BCUT2D eigenvalue weighted by atomic mass is 10.1. The van der Waals surface area contributed by atoms with Gasteiger partial charge in [0.1, 0.15) is 5.82 Å². The molecule has 0 aliphatic carbocycles. The minimum atomic E-state index is -0.120. The van der Waals surface area contributed by atoms with Gasteiger partial charge in [0.2, 0.25) is 0 Å². The molecule has 1 N–H and O–H groups in total. The number of likely N-dealkylation sites (N-methyl/N-ethyl adjacent to an activating group) is 1. The van der Waals surface area contributed by atoms with Crippen LogP contribution in [0.5, 0.6) is 0 Å². The number of rotatable bonds is 7. The Kier molecular flexibility index (Phi) is 6.30. The molecule has 0 saturated heterocycles. The van der Waals surface area contributed by atoms with Crippen molar-refractivity contribution in [2.75, 3.05) is 26.2 Å². The maximum atomic E-state index is 13.5. The topological polar surface area (TPSA) is 15.3 Å². The van der Waals surface area contributed by atoms with Crippen LogP contribution in [0.1, 0.15) is 37.9 Å². The van der Waals surface area contributed by atoms with E-state index in [1.54, 1.807) is 13.0 Å². The first-order valence-corrected chi connectivity index (χ1v) is 6.80. The van der Waals surface area contributed by atoms with Crippen LogP contribution in [0.15, 0.2) is 18.2 Å². The summed E-state index contributed by atoms with van der Waals surface area (Å²) in [6.45, 7) is 12.3. The standard InChI is InChI=1S/C15H25FN2/c1-5-18(6-2)10-9-17-13(4)14-8-7-12(3)15(16)11-14/h7-8,11,13,17H,5-6,9-10H2,1-4H3. The number of benzene rings is 1. The number of nitrogens with zero attached hydrogens (tertiary/aromatic N) is 1. The highest BCUT2D eigenvalue weighted by Gasteiger charge is 2.07. The lowest BCUT2D eigenvalue weighted by molar-refractivity contribution is 0.298. The molecule has 0 saturated carbocycles. The van der Waals surface area contributed by atoms with Crippen molar-refractivity contribution in [3.8, 4) is 0 Å². The number of hydrogen-bond donors (Lipinski definition) is 1. The monoisotopic (exact) mass is 252 g/mol. The van der Waals surface area contributed by atoms with Gasteiger partial charge in [0, 0.05) is 19.1 Å². The van der Waals surface area contributed by atoms with Gasteiger partial charge in [-0.2, -0.15) is 0 Å². The Morgan fingerprint density at radius 2 is 1.94 bits per heavy atom. The Morgan fingerprint density at radius 1 is 1.28 bits per heavy atom. The second kappa shape index (κ2) is 7.49. The lowest BCUT2D eigenvalue weighted by Gasteiger charge is -2.20. The van der Waals surface area contributed by atoms with Crippen LogP contribution in [0.25, 0.3) is 0 Å². The third kappa shape index (κ3) is 4.39. The lowest BCUT2D eigenvalue weighted by Crippen LogP contribution is -2.33. The van der Waals surface area contributed by atoms with E-state index in [4.69, 9.17) is 0 Å². The summed E-state index contributed by atoms with van der Waals surface area (Å²) in [5.74, 6) is -0.120. The Balaban J connectivity index is 2.45. The number of nitrogens with one attached hydrogen (secondary N) is 1. The second-order valence-corrected chi connectivity index (χ2v) is 4.71. The minimum absolute atomic E-state index is 0.120. The molecule has 1 aromatic rings. The van der Waals surface area contributed by atoms with Crippen LogP contribution in [0, 0.1) is 12.7 Å². The summed E-state index contributed by atoms with van der Waals surface area (Å²) in [5.41, 5.74) is 1.71. The first kappa shape index (κ1) is 15.1. The SMILES string of the molecule is CCN(CC)CCNC(C)c1ccc(C)c(F)c1. The smallest absolute Gasteiger partial charge is 0.126 e. The average molecular weight is 252 g/mol. The van der Waals surface area contributed by atoms with Gasteiger partial charge in [-0.25, -0.2) is 4.39 Å². The summed E-state index contributed by atoms with van der Waals surface area (Å²) in [6.07, 6.45) is 0. The Morgan fingerprint density at radius 3 is 2.50 bits per heavy atom. The molecule has 0 radical (unpaired) electrons. The maximum Gasteiger partial charge on any atom is 0.126 e. The zero-order valence-corrected chi connectivity index (χ0v) is 12.0. The highest BCUT2D eigenvalue weighted by atomic mass is 19.1. The molecular formula is C15H25FN2. The minimum Gasteiger partial charge on any atom is -0.309 e. The van der Waals surface area contributed by atoms with E-state index in [1.807, 2.05) is 12.1 Å². The molecule has 0 spiro atoms. The molecule has 0 aromatic heterocycles. The van der Waals surface area contributed by atoms with Crippen LogP contribution in [0.4, 0.5) is 4.39 Å². The fourth-order valence-corrected chi connectivity index (χ4v) is 1.98. The molecule has 0 aliphatic rings. The highest BCUT2D eigenvalue weighted by molar-refractivity contribution is 5.25. The molecule has 1 aromatic carbocycles. The largest absolute Gasteiger partial charge is 0.309 e. The van der Waals surface area contributed by atoms with Crippen molar-refractivity contribution in [2.45, 2.75) is 33.7 Å². The van der Waals surface area contributed by atoms with Crippen LogP contribution in [0.2, 0.25) is 0 Å². The van der Waals surface area contributed by atoms with Crippen molar-refractivity contribution < 1.29 is 4.39 Å². The van der Waals surface area contributed by atoms with Crippen molar-refractivity contribution in [3.05, 3.63) is 35.1 Å². The van der Waals surface area contributed by atoms with Crippen molar-refractivity contribution in [1.82, 2.24) is 10.2 Å². The summed E-state index contributed by atoms with van der Waals surface area (Å²) in [6, 6.07) is 5.65. The van der Waals surface area contributed by atoms with Crippen molar-refractivity contribution in [2.24, 2.45) is 0 Å². The van der Waals surface area contributed by atoms with E-state index in [-0.39, 0.29) is 11.9 Å². The third-order valence-corrected chi connectivity index (χ3v) is 3.47. The molecule has 1 unspecified atom stereocenters. The summed E-state index contributed by atoms with van der Waals surface area (Å²) in [4.78, 5) is 2.37. The van der Waals surface area contributed by atoms with Gasteiger partial charge in [0.15, 0.2) is 0 Å². The molecule has 3 heteroatoms. The van der Waals surface area contributed by atoms with Gasteiger partial charge in [-0.15, -0.1) is 0 Å². The zero-order valence-electron chi connectivity index (χ0n) is 12.0. The molecule has 0 bridgehead atoms. The van der Waals surface area contributed by atoms with Crippen LogP contribution in [-0.4, -0.2) is 31.1 Å². The molecule has 1 rings (SSSR count). The molecule has 102 valence electrons. The van der Waals surface area contributed by atoms with E-state index >= 15 is 0 Å². The highest BCUT2D eigenvalue weighted by Crippen LogP contribution is 2.15. The fourth-order valence-electron chi connectivity index (χ4n) is 1.98. The van der Waals surface area contributed by atoms with Crippen molar-refractivity contribution >= 4 is 0 Å². The van der Waals surface area contributed by atoms with E-state index in [9.17, 15) is 4.39 Å². The molecule has 2 nitrogen and oxygen atoms in total. The number of halogens is 1. The van der Waals surface area contributed by atoms with Gasteiger partial charge < -0.3 is 10.2 Å². The summed E-state index contributed by atoms with van der Waals surface area (Å²) < 4.78 is 13.5. The van der Waals surface area contributed by atoms with E-state index in [0.29, 0.717) is 5.56 Å². The maximum absolute atomic E-state index is 13.5. The molecule has 18 heavy (non-hydrogen) atoms. The van der Waals surface area contributed by atoms with Crippen LogP contribution < -0.4 is 5.32 Å². The second-order valence-electron chi connectivity index (χ2n) is 4.71. The Labute approximate surface area is 110 Å². The molecular weight excluding hydrogens is 227 g/mol. The first-order valence-electron chi connectivity index (χ1n) is 6.80. The zero-order chi connectivity index (χ0) is 13.5. The van der Waals surface area contributed by atoms with Crippen LogP contribution >= 0.6 is 0 Å². The quantitative estimate of drug-likeness (QED) is 0.802. The number of aryl methyl sites for hydroxylation is 1. The first-order chi connectivity index (χ1) is 8.58. The summed E-state index contributed by atoms with van der Waals surface area (Å²) >= 11 is 0. The normalized spacial score (nSPS) is 13.0. The summed E-state index contributed by atoms with van der Waals surface area (Å²) in [7, 11) is 0. The Bertz CT molecular complexity index is 362. The van der Waals surface area contributed by atoms with E-state index < -0.39 is 0 Å². The van der Waals surface area contributed by atoms with Crippen molar-refractivity contribution in [3.63, 3.8) is 0 Å². The van der Waals surface area contributed by atoms with Gasteiger partial charge in [-0.05, 0) is 44.1 Å². The van der Waals surface area contributed by atoms with Gasteiger partial charge in [-0.3, -0.25) is 0 Å². The van der Waals surface area contributed by atoms with Gasteiger partial charge in [0.25, 0.3) is 0 Å². The third-order valence-electron chi connectivity index (χ3n) is 3.47.